The third-order valence-electron chi connectivity index (χ3n) is 2.52. The Bertz CT molecular complexity index is 426. The first kappa shape index (κ1) is 15.9. The van der Waals surface area contributed by atoms with Crippen LogP contribution in [0.15, 0.2) is 22.7 Å². The maximum Gasteiger partial charge on any atom is 0.260 e. The lowest BCUT2D eigenvalue weighted by molar-refractivity contribution is -0.127. The van der Waals surface area contributed by atoms with E-state index in [1.54, 1.807) is 20.1 Å². The Kier molecular flexibility index (Phi) is 6.83. The lowest BCUT2D eigenvalue weighted by atomic mass is 10.2. The number of hydrogen-bond acceptors (Lipinski definition) is 4. The van der Waals surface area contributed by atoms with Crippen LogP contribution < -0.4 is 15.8 Å². The molecular formula is C13H19BrN2O3. The number of methoxy groups -OCH3 is 1. The standard InChI is InChI=1S/C13H19BrN2O3/c1-9(13(17)16-5-6-18-2)19-11-3-4-12(14)10(7-11)8-15/h3-4,7,9H,5-6,8,15H2,1-2H3,(H,16,17). The molecule has 0 radical (unpaired) electrons. The van der Waals surface area contributed by atoms with Crippen LogP contribution in [0.25, 0.3) is 0 Å². The normalized spacial score (nSPS) is 12.0. The Balaban J connectivity index is 2.56. The quantitative estimate of drug-likeness (QED) is 0.742. The van der Waals surface area contributed by atoms with Gasteiger partial charge in [-0.05, 0) is 30.7 Å². The molecule has 19 heavy (non-hydrogen) atoms. The van der Waals surface area contributed by atoms with Crippen molar-refractivity contribution in [3.05, 3.63) is 28.2 Å². The number of carbonyl (C=O) groups excluding carboxylic acids is 1. The SMILES string of the molecule is COCCNC(=O)C(C)Oc1ccc(Br)c(CN)c1. The van der Waals surface area contributed by atoms with E-state index >= 15 is 0 Å². The first-order chi connectivity index (χ1) is 9.08. The summed E-state index contributed by atoms with van der Waals surface area (Å²) in [6, 6.07) is 5.47. The number of benzene rings is 1. The number of nitrogens with two attached hydrogens (primary N) is 1. The van der Waals surface area contributed by atoms with Gasteiger partial charge in [-0.1, -0.05) is 15.9 Å². The highest BCUT2D eigenvalue weighted by molar-refractivity contribution is 9.10. The van der Waals surface area contributed by atoms with Gasteiger partial charge in [0, 0.05) is 24.7 Å². The maximum atomic E-state index is 11.7. The fourth-order valence-electron chi connectivity index (χ4n) is 1.46. The van der Waals surface area contributed by atoms with Crippen molar-refractivity contribution >= 4 is 21.8 Å². The van der Waals surface area contributed by atoms with Crippen LogP contribution in [-0.2, 0) is 16.1 Å². The average Bonchev–Trinajstić information content (AvgIpc) is 2.41. The van der Waals surface area contributed by atoms with Gasteiger partial charge in [0.05, 0.1) is 6.61 Å². The second-order valence-corrected chi connectivity index (χ2v) is 4.86. The van der Waals surface area contributed by atoms with Crippen LogP contribution in [0.5, 0.6) is 5.75 Å². The summed E-state index contributed by atoms with van der Waals surface area (Å²) < 4.78 is 11.4. The van der Waals surface area contributed by atoms with Crippen LogP contribution in [0.1, 0.15) is 12.5 Å². The minimum absolute atomic E-state index is 0.172. The molecule has 0 saturated heterocycles. The minimum Gasteiger partial charge on any atom is -0.481 e. The smallest absolute Gasteiger partial charge is 0.260 e. The summed E-state index contributed by atoms with van der Waals surface area (Å²) in [6.07, 6.45) is -0.566. The molecule has 1 rings (SSSR count). The largest absolute Gasteiger partial charge is 0.481 e. The highest BCUT2D eigenvalue weighted by Crippen LogP contribution is 2.22. The van der Waals surface area contributed by atoms with E-state index < -0.39 is 6.10 Å². The summed E-state index contributed by atoms with van der Waals surface area (Å²) in [5, 5.41) is 2.72. The van der Waals surface area contributed by atoms with Gasteiger partial charge in [0.1, 0.15) is 5.75 Å². The van der Waals surface area contributed by atoms with Crippen molar-refractivity contribution in [2.45, 2.75) is 19.6 Å². The maximum absolute atomic E-state index is 11.7. The molecule has 0 bridgehead atoms. The third-order valence-corrected chi connectivity index (χ3v) is 3.30. The second-order valence-electron chi connectivity index (χ2n) is 4.00. The molecule has 0 spiro atoms. The fraction of sp³-hybridized carbons (Fsp3) is 0.462. The highest BCUT2D eigenvalue weighted by Gasteiger charge is 2.14. The van der Waals surface area contributed by atoms with Gasteiger partial charge in [0.2, 0.25) is 0 Å². The van der Waals surface area contributed by atoms with Gasteiger partial charge in [-0.2, -0.15) is 0 Å². The molecule has 3 N–H and O–H groups in total. The van der Waals surface area contributed by atoms with E-state index in [0.717, 1.165) is 10.0 Å². The van der Waals surface area contributed by atoms with Crippen molar-refractivity contribution in [1.82, 2.24) is 5.32 Å². The first-order valence-corrected chi connectivity index (χ1v) is 6.79. The molecule has 0 aliphatic heterocycles. The molecule has 0 saturated carbocycles. The van der Waals surface area contributed by atoms with Gasteiger partial charge in [0.15, 0.2) is 6.10 Å². The van der Waals surface area contributed by atoms with E-state index in [1.165, 1.54) is 0 Å². The van der Waals surface area contributed by atoms with Crippen molar-refractivity contribution in [1.29, 1.82) is 0 Å². The van der Waals surface area contributed by atoms with Crippen LogP contribution in [0.4, 0.5) is 0 Å². The molecular weight excluding hydrogens is 312 g/mol. The zero-order valence-electron chi connectivity index (χ0n) is 11.1. The molecule has 1 amide bonds. The predicted octanol–water partition coefficient (Wildman–Crippen LogP) is 1.44. The molecule has 0 aliphatic rings. The Morgan fingerprint density at radius 1 is 1.53 bits per heavy atom. The van der Waals surface area contributed by atoms with Gasteiger partial charge in [-0.3, -0.25) is 4.79 Å². The Labute approximate surface area is 121 Å². The van der Waals surface area contributed by atoms with Crippen molar-refractivity contribution in [3.8, 4) is 5.75 Å². The molecule has 0 aromatic heterocycles. The molecule has 5 nitrogen and oxygen atoms in total. The van der Waals surface area contributed by atoms with E-state index in [-0.39, 0.29) is 5.91 Å². The highest BCUT2D eigenvalue weighted by atomic mass is 79.9. The Morgan fingerprint density at radius 2 is 2.26 bits per heavy atom. The molecule has 0 fully saturated rings. The summed E-state index contributed by atoms with van der Waals surface area (Å²) in [5.41, 5.74) is 6.55. The monoisotopic (exact) mass is 330 g/mol. The summed E-state index contributed by atoms with van der Waals surface area (Å²) in [6.45, 7) is 3.06. The van der Waals surface area contributed by atoms with Gasteiger partial charge < -0.3 is 20.5 Å². The van der Waals surface area contributed by atoms with Gasteiger partial charge >= 0.3 is 0 Å². The van der Waals surface area contributed by atoms with Crippen LogP contribution in [0, 0.1) is 0 Å². The van der Waals surface area contributed by atoms with E-state index in [2.05, 4.69) is 21.2 Å². The molecule has 1 atom stereocenters. The Hall–Kier alpha value is -1.11. The minimum atomic E-state index is -0.566. The van der Waals surface area contributed by atoms with E-state index in [1.807, 2.05) is 12.1 Å². The summed E-state index contributed by atoms with van der Waals surface area (Å²) >= 11 is 3.40. The predicted molar refractivity (Wildman–Crippen MR) is 77.0 cm³/mol. The van der Waals surface area contributed by atoms with Crippen molar-refractivity contribution in [3.63, 3.8) is 0 Å². The van der Waals surface area contributed by atoms with Crippen LogP contribution in [0.2, 0.25) is 0 Å². The average molecular weight is 331 g/mol. The number of carbonyl (C=O) groups is 1. The van der Waals surface area contributed by atoms with Crippen molar-refractivity contribution in [2.75, 3.05) is 20.3 Å². The molecule has 6 heteroatoms. The van der Waals surface area contributed by atoms with E-state index in [4.69, 9.17) is 15.2 Å². The van der Waals surface area contributed by atoms with Crippen LogP contribution >= 0.6 is 15.9 Å². The number of hydrogen-bond donors (Lipinski definition) is 2. The van der Waals surface area contributed by atoms with Crippen molar-refractivity contribution < 1.29 is 14.3 Å². The molecule has 106 valence electrons. The van der Waals surface area contributed by atoms with E-state index in [0.29, 0.717) is 25.4 Å². The summed E-state index contributed by atoms with van der Waals surface area (Å²) in [4.78, 5) is 11.7. The van der Waals surface area contributed by atoms with Gasteiger partial charge in [0.25, 0.3) is 5.91 Å². The third kappa shape index (κ3) is 5.18. The second kappa shape index (κ2) is 8.14. The van der Waals surface area contributed by atoms with Crippen LogP contribution in [-0.4, -0.2) is 32.3 Å². The first-order valence-electron chi connectivity index (χ1n) is 6.00. The molecule has 1 aromatic carbocycles. The Morgan fingerprint density at radius 3 is 2.89 bits per heavy atom. The van der Waals surface area contributed by atoms with Gasteiger partial charge in [-0.25, -0.2) is 0 Å². The lowest BCUT2D eigenvalue weighted by Gasteiger charge is -2.15. The molecule has 1 unspecified atom stereocenters. The number of rotatable bonds is 7. The number of halogens is 1. The lowest BCUT2D eigenvalue weighted by Crippen LogP contribution is -2.37. The van der Waals surface area contributed by atoms with Gasteiger partial charge in [-0.15, -0.1) is 0 Å². The number of nitrogens with one attached hydrogen (secondary N) is 1. The topological polar surface area (TPSA) is 73.6 Å². The zero-order chi connectivity index (χ0) is 14.3. The summed E-state index contributed by atoms with van der Waals surface area (Å²) in [5.74, 6) is 0.451. The van der Waals surface area contributed by atoms with E-state index in [9.17, 15) is 4.79 Å². The van der Waals surface area contributed by atoms with Crippen molar-refractivity contribution in [2.24, 2.45) is 5.73 Å². The molecule has 0 aliphatic carbocycles. The summed E-state index contributed by atoms with van der Waals surface area (Å²) in [7, 11) is 1.59. The molecule has 1 aromatic rings. The number of ether oxygens (including phenoxy) is 2. The fourth-order valence-corrected chi connectivity index (χ4v) is 1.87. The molecule has 0 heterocycles. The zero-order valence-corrected chi connectivity index (χ0v) is 12.7. The van der Waals surface area contributed by atoms with Crippen LogP contribution in [0.3, 0.4) is 0 Å². The number of amides is 1.